The van der Waals surface area contributed by atoms with E-state index in [1.165, 1.54) is 31.7 Å². The van der Waals surface area contributed by atoms with Gasteiger partial charge >= 0.3 is 0 Å². The summed E-state index contributed by atoms with van der Waals surface area (Å²) in [5.41, 5.74) is 1.37. The molecule has 3 nitrogen and oxygen atoms in total. The predicted octanol–water partition coefficient (Wildman–Crippen LogP) is 1.74. The molecule has 0 bridgehead atoms. The van der Waals surface area contributed by atoms with Gasteiger partial charge in [-0.3, -0.25) is 4.90 Å². The highest BCUT2D eigenvalue weighted by molar-refractivity contribution is 5.28. The average molecular weight is 246 g/mol. The molecule has 0 aliphatic carbocycles. The standard InChI is InChI=1S/C15H22N2O/c1-2-18-15-5-3-4-12(6-15)9-17-10-13-7-16-8-14(13)11-17/h3-6,13-14,16H,2,7-11H2,1H3/t13-,14+. The molecule has 2 saturated heterocycles. The van der Waals surface area contributed by atoms with Crippen LogP contribution in [0.1, 0.15) is 12.5 Å². The van der Waals surface area contributed by atoms with Crippen LogP contribution < -0.4 is 10.1 Å². The van der Waals surface area contributed by atoms with E-state index in [0.29, 0.717) is 0 Å². The fourth-order valence-corrected chi connectivity index (χ4v) is 3.24. The van der Waals surface area contributed by atoms with Crippen molar-refractivity contribution in [1.82, 2.24) is 10.2 Å². The van der Waals surface area contributed by atoms with Crippen molar-refractivity contribution < 1.29 is 4.74 Å². The maximum atomic E-state index is 5.56. The topological polar surface area (TPSA) is 24.5 Å². The molecule has 3 rings (SSSR count). The van der Waals surface area contributed by atoms with E-state index in [9.17, 15) is 0 Å². The molecule has 2 atom stereocenters. The molecule has 3 heteroatoms. The molecule has 0 radical (unpaired) electrons. The summed E-state index contributed by atoms with van der Waals surface area (Å²) in [4.78, 5) is 2.58. The number of likely N-dealkylation sites (tertiary alicyclic amines) is 1. The van der Waals surface area contributed by atoms with E-state index in [4.69, 9.17) is 4.74 Å². The van der Waals surface area contributed by atoms with Crippen molar-refractivity contribution in [3.8, 4) is 5.75 Å². The van der Waals surface area contributed by atoms with E-state index in [-0.39, 0.29) is 0 Å². The fourth-order valence-electron chi connectivity index (χ4n) is 3.24. The lowest BCUT2D eigenvalue weighted by Gasteiger charge is -2.17. The van der Waals surface area contributed by atoms with Crippen LogP contribution in [0.25, 0.3) is 0 Å². The third-order valence-corrected chi connectivity index (χ3v) is 4.08. The summed E-state index contributed by atoms with van der Waals surface area (Å²) in [6.45, 7) is 8.74. The number of nitrogens with zero attached hydrogens (tertiary/aromatic N) is 1. The summed E-state index contributed by atoms with van der Waals surface area (Å²) in [7, 11) is 0. The zero-order valence-electron chi connectivity index (χ0n) is 11.1. The molecular formula is C15H22N2O. The molecule has 2 aliphatic heterocycles. The van der Waals surface area contributed by atoms with Crippen molar-refractivity contribution in [2.45, 2.75) is 13.5 Å². The van der Waals surface area contributed by atoms with Gasteiger partial charge in [-0.05, 0) is 49.5 Å². The number of ether oxygens (including phenoxy) is 1. The molecule has 0 amide bonds. The zero-order chi connectivity index (χ0) is 12.4. The molecule has 1 N–H and O–H groups in total. The summed E-state index contributed by atoms with van der Waals surface area (Å²) >= 11 is 0. The van der Waals surface area contributed by atoms with E-state index in [2.05, 4.69) is 28.4 Å². The monoisotopic (exact) mass is 246 g/mol. The highest BCUT2D eigenvalue weighted by Gasteiger charge is 2.35. The van der Waals surface area contributed by atoms with Crippen LogP contribution in [0, 0.1) is 11.8 Å². The van der Waals surface area contributed by atoms with Crippen molar-refractivity contribution in [2.24, 2.45) is 11.8 Å². The smallest absolute Gasteiger partial charge is 0.119 e. The number of nitrogens with one attached hydrogen (secondary N) is 1. The van der Waals surface area contributed by atoms with Gasteiger partial charge in [-0.2, -0.15) is 0 Å². The first-order valence-electron chi connectivity index (χ1n) is 7.00. The van der Waals surface area contributed by atoms with Gasteiger partial charge in [0.15, 0.2) is 0 Å². The fraction of sp³-hybridized carbons (Fsp3) is 0.600. The quantitative estimate of drug-likeness (QED) is 0.876. The Bertz CT molecular complexity index is 395. The van der Waals surface area contributed by atoms with Gasteiger partial charge in [-0.25, -0.2) is 0 Å². The van der Waals surface area contributed by atoms with Gasteiger partial charge in [0, 0.05) is 19.6 Å². The largest absolute Gasteiger partial charge is 0.494 e. The van der Waals surface area contributed by atoms with Crippen LogP contribution in [0.3, 0.4) is 0 Å². The van der Waals surface area contributed by atoms with E-state index in [1.54, 1.807) is 0 Å². The van der Waals surface area contributed by atoms with Crippen LogP contribution in [0.2, 0.25) is 0 Å². The molecule has 0 spiro atoms. The minimum absolute atomic E-state index is 0.739. The van der Waals surface area contributed by atoms with Crippen LogP contribution in [0.15, 0.2) is 24.3 Å². The number of fused-ring (bicyclic) bond motifs is 1. The molecule has 0 aromatic heterocycles. The van der Waals surface area contributed by atoms with E-state index < -0.39 is 0 Å². The maximum Gasteiger partial charge on any atom is 0.119 e. The second-order valence-electron chi connectivity index (χ2n) is 5.45. The van der Waals surface area contributed by atoms with Gasteiger partial charge in [-0.15, -0.1) is 0 Å². The Morgan fingerprint density at radius 1 is 1.28 bits per heavy atom. The Hall–Kier alpha value is -1.06. The van der Waals surface area contributed by atoms with Gasteiger partial charge in [-0.1, -0.05) is 12.1 Å². The Morgan fingerprint density at radius 2 is 2.06 bits per heavy atom. The Balaban J connectivity index is 1.61. The first-order valence-corrected chi connectivity index (χ1v) is 7.00. The Kier molecular flexibility index (Phi) is 3.52. The molecule has 1 aromatic rings. The van der Waals surface area contributed by atoms with Gasteiger partial charge in [0.2, 0.25) is 0 Å². The number of rotatable bonds is 4. The summed E-state index contributed by atoms with van der Waals surface area (Å²) in [6, 6.07) is 8.51. The second kappa shape index (κ2) is 5.29. The van der Waals surface area contributed by atoms with Crippen molar-refractivity contribution in [1.29, 1.82) is 0 Å². The highest BCUT2D eigenvalue weighted by Crippen LogP contribution is 2.27. The average Bonchev–Trinajstić information content (AvgIpc) is 2.90. The molecule has 0 saturated carbocycles. The Labute approximate surface area is 109 Å². The van der Waals surface area contributed by atoms with Crippen LogP contribution in [0.4, 0.5) is 0 Å². The molecule has 2 heterocycles. The summed E-state index contributed by atoms with van der Waals surface area (Å²) in [5.74, 6) is 2.75. The van der Waals surface area contributed by atoms with Crippen molar-refractivity contribution >= 4 is 0 Å². The van der Waals surface area contributed by atoms with Gasteiger partial charge < -0.3 is 10.1 Å². The van der Waals surface area contributed by atoms with Crippen LogP contribution in [0.5, 0.6) is 5.75 Å². The molecule has 98 valence electrons. The SMILES string of the molecule is CCOc1cccc(CN2C[C@H]3CNC[C@H]3C2)c1. The molecule has 18 heavy (non-hydrogen) atoms. The minimum Gasteiger partial charge on any atom is -0.494 e. The Morgan fingerprint density at radius 3 is 2.78 bits per heavy atom. The lowest BCUT2D eigenvalue weighted by atomic mass is 10.0. The number of hydrogen-bond acceptors (Lipinski definition) is 3. The first-order chi connectivity index (χ1) is 8.85. The predicted molar refractivity (Wildman–Crippen MR) is 72.7 cm³/mol. The molecule has 2 fully saturated rings. The third-order valence-electron chi connectivity index (χ3n) is 4.08. The zero-order valence-corrected chi connectivity index (χ0v) is 11.1. The van der Waals surface area contributed by atoms with Crippen LogP contribution in [-0.2, 0) is 6.54 Å². The lowest BCUT2D eigenvalue weighted by Crippen LogP contribution is -2.25. The van der Waals surface area contributed by atoms with E-state index >= 15 is 0 Å². The third kappa shape index (κ3) is 2.52. The van der Waals surface area contributed by atoms with E-state index in [1.807, 2.05) is 13.0 Å². The number of hydrogen-bond donors (Lipinski definition) is 1. The van der Waals surface area contributed by atoms with Gasteiger partial charge in [0.25, 0.3) is 0 Å². The summed E-state index contributed by atoms with van der Waals surface area (Å²) < 4.78 is 5.56. The lowest BCUT2D eigenvalue weighted by molar-refractivity contribution is 0.303. The van der Waals surface area contributed by atoms with Crippen molar-refractivity contribution in [2.75, 3.05) is 32.8 Å². The van der Waals surface area contributed by atoms with Gasteiger partial charge in [0.05, 0.1) is 6.61 Å². The van der Waals surface area contributed by atoms with Crippen molar-refractivity contribution in [3.63, 3.8) is 0 Å². The highest BCUT2D eigenvalue weighted by atomic mass is 16.5. The molecule has 1 aromatic carbocycles. The normalized spacial score (nSPS) is 27.4. The molecule has 2 aliphatic rings. The maximum absolute atomic E-state index is 5.56. The second-order valence-corrected chi connectivity index (χ2v) is 5.45. The van der Waals surface area contributed by atoms with Crippen molar-refractivity contribution in [3.05, 3.63) is 29.8 Å². The van der Waals surface area contributed by atoms with E-state index in [0.717, 1.165) is 30.7 Å². The number of benzene rings is 1. The molecule has 0 unspecified atom stereocenters. The van der Waals surface area contributed by atoms with Gasteiger partial charge in [0.1, 0.15) is 5.75 Å². The summed E-state index contributed by atoms with van der Waals surface area (Å²) in [5, 5.41) is 3.49. The minimum atomic E-state index is 0.739. The van der Waals surface area contributed by atoms with Crippen LogP contribution >= 0.6 is 0 Å². The molecular weight excluding hydrogens is 224 g/mol. The van der Waals surface area contributed by atoms with Crippen LogP contribution in [-0.4, -0.2) is 37.7 Å². The first kappa shape index (κ1) is 12.0. The summed E-state index contributed by atoms with van der Waals surface area (Å²) in [6.07, 6.45) is 0.